The third-order valence-electron chi connectivity index (χ3n) is 1.19. The van der Waals surface area contributed by atoms with Crippen LogP contribution in [0.2, 0.25) is 0 Å². The van der Waals surface area contributed by atoms with E-state index in [1.807, 2.05) is 0 Å². The summed E-state index contributed by atoms with van der Waals surface area (Å²) in [6.07, 6.45) is 6.58. The standard InChI is InChI=1S/C8H8N2.C2H6O/c1-3-7-5-9-6-10-8(7)4-2;1-3-2/h3-6H,1-2H2;1-2H3. The van der Waals surface area contributed by atoms with Gasteiger partial charge in [0, 0.05) is 26.0 Å². The van der Waals surface area contributed by atoms with Gasteiger partial charge in [-0.1, -0.05) is 19.2 Å². The monoisotopic (exact) mass is 178 g/mol. The highest BCUT2D eigenvalue weighted by molar-refractivity contribution is 5.58. The molecule has 70 valence electrons. The van der Waals surface area contributed by atoms with E-state index in [9.17, 15) is 0 Å². The molecular weight excluding hydrogens is 164 g/mol. The average Bonchev–Trinajstić information content (AvgIpc) is 2.19. The van der Waals surface area contributed by atoms with Gasteiger partial charge in [0.1, 0.15) is 6.33 Å². The second kappa shape index (κ2) is 7.18. The molecule has 3 heteroatoms. The van der Waals surface area contributed by atoms with Gasteiger partial charge < -0.3 is 4.74 Å². The zero-order chi connectivity index (χ0) is 10.1. The molecular formula is C10H14N2O. The Morgan fingerprint density at radius 3 is 2.31 bits per heavy atom. The molecule has 0 saturated carbocycles. The van der Waals surface area contributed by atoms with E-state index in [1.54, 1.807) is 32.6 Å². The largest absolute Gasteiger partial charge is 0.388 e. The van der Waals surface area contributed by atoms with E-state index < -0.39 is 0 Å². The summed E-state index contributed by atoms with van der Waals surface area (Å²) < 4.78 is 4.25. The molecule has 0 aliphatic carbocycles. The Labute approximate surface area is 78.8 Å². The van der Waals surface area contributed by atoms with Gasteiger partial charge in [0.25, 0.3) is 0 Å². The number of rotatable bonds is 2. The SMILES string of the molecule is C=Cc1cncnc1C=C.COC. The molecule has 0 atom stereocenters. The molecule has 0 fully saturated rings. The van der Waals surface area contributed by atoms with Crippen LogP contribution < -0.4 is 0 Å². The van der Waals surface area contributed by atoms with Crippen LogP contribution in [0.3, 0.4) is 0 Å². The first-order chi connectivity index (χ1) is 6.29. The van der Waals surface area contributed by atoms with Crippen LogP contribution in [0, 0.1) is 0 Å². The average molecular weight is 178 g/mol. The van der Waals surface area contributed by atoms with E-state index >= 15 is 0 Å². The molecule has 0 N–H and O–H groups in total. The van der Waals surface area contributed by atoms with Crippen LogP contribution in [0.15, 0.2) is 25.7 Å². The molecule has 3 nitrogen and oxygen atoms in total. The third-order valence-corrected chi connectivity index (χ3v) is 1.19. The fourth-order valence-electron chi connectivity index (χ4n) is 0.678. The highest BCUT2D eigenvalue weighted by Crippen LogP contribution is 2.04. The molecule has 0 aliphatic rings. The molecule has 1 heterocycles. The van der Waals surface area contributed by atoms with Gasteiger partial charge in [-0.25, -0.2) is 9.97 Å². The van der Waals surface area contributed by atoms with Crippen molar-refractivity contribution in [3.8, 4) is 0 Å². The van der Waals surface area contributed by atoms with E-state index in [0.717, 1.165) is 11.3 Å². The summed E-state index contributed by atoms with van der Waals surface area (Å²) in [5, 5.41) is 0. The second-order valence-electron chi connectivity index (χ2n) is 2.18. The van der Waals surface area contributed by atoms with Crippen molar-refractivity contribution in [1.29, 1.82) is 0 Å². The lowest BCUT2D eigenvalue weighted by Crippen LogP contribution is -1.86. The van der Waals surface area contributed by atoms with Gasteiger partial charge in [0.05, 0.1) is 5.69 Å². The molecule has 0 radical (unpaired) electrons. The smallest absolute Gasteiger partial charge is 0.116 e. The van der Waals surface area contributed by atoms with Crippen LogP contribution in [0.25, 0.3) is 12.2 Å². The Kier molecular flexibility index (Phi) is 6.37. The number of hydrogen-bond acceptors (Lipinski definition) is 3. The first-order valence-corrected chi connectivity index (χ1v) is 3.75. The summed E-state index contributed by atoms with van der Waals surface area (Å²) >= 11 is 0. The fourth-order valence-corrected chi connectivity index (χ4v) is 0.678. The minimum absolute atomic E-state index is 0.824. The van der Waals surface area contributed by atoms with Crippen LogP contribution in [-0.2, 0) is 4.74 Å². The highest BCUT2D eigenvalue weighted by atomic mass is 16.4. The Morgan fingerprint density at radius 2 is 1.92 bits per heavy atom. The molecule has 0 bridgehead atoms. The zero-order valence-electron chi connectivity index (χ0n) is 8.03. The summed E-state index contributed by atoms with van der Waals surface area (Å²) in [7, 11) is 3.25. The van der Waals surface area contributed by atoms with Crippen molar-refractivity contribution in [2.75, 3.05) is 14.2 Å². The summed E-state index contributed by atoms with van der Waals surface area (Å²) in [5.41, 5.74) is 1.74. The Morgan fingerprint density at radius 1 is 1.31 bits per heavy atom. The van der Waals surface area contributed by atoms with E-state index in [4.69, 9.17) is 0 Å². The van der Waals surface area contributed by atoms with Crippen LogP contribution in [-0.4, -0.2) is 24.2 Å². The lowest BCUT2D eigenvalue weighted by molar-refractivity contribution is 0.277. The predicted octanol–water partition coefficient (Wildman–Crippen LogP) is 2.03. The van der Waals surface area contributed by atoms with Crippen LogP contribution in [0.4, 0.5) is 0 Å². The lowest BCUT2D eigenvalue weighted by atomic mass is 10.2. The molecule has 1 aromatic rings. The van der Waals surface area contributed by atoms with E-state index in [1.165, 1.54) is 6.33 Å². The molecule has 0 aromatic carbocycles. The second-order valence-corrected chi connectivity index (χ2v) is 2.18. The fraction of sp³-hybridized carbons (Fsp3) is 0.200. The number of aromatic nitrogens is 2. The van der Waals surface area contributed by atoms with E-state index in [2.05, 4.69) is 27.9 Å². The van der Waals surface area contributed by atoms with Crippen molar-refractivity contribution in [2.45, 2.75) is 0 Å². The molecule has 1 rings (SSSR count). The van der Waals surface area contributed by atoms with Crippen molar-refractivity contribution in [3.63, 3.8) is 0 Å². The molecule has 0 amide bonds. The minimum Gasteiger partial charge on any atom is -0.388 e. The topological polar surface area (TPSA) is 35.0 Å². The first-order valence-electron chi connectivity index (χ1n) is 3.75. The normalized spacial score (nSPS) is 8.15. The van der Waals surface area contributed by atoms with Gasteiger partial charge in [-0.15, -0.1) is 0 Å². The Balaban J connectivity index is 0.000000424. The van der Waals surface area contributed by atoms with Crippen LogP contribution in [0.1, 0.15) is 11.3 Å². The summed E-state index contributed by atoms with van der Waals surface area (Å²) in [6.45, 7) is 7.21. The van der Waals surface area contributed by atoms with Gasteiger partial charge in [0.2, 0.25) is 0 Å². The van der Waals surface area contributed by atoms with Gasteiger partial charge in [-0.3, -0.25) is 0 Å². The quantitative estimate of drug-likeness (QED) is 0.695. The van der Waals surface area contributed by atoms with Crippen LogP contribution in [0.5, 0.6) is 0 Å². The zero-order valence-corrected chi connectivity index (χ0v) is 8.03. The number of methoxy groups -OCH3 is 1. The number of ether oxygens (including phenoxy) is 1. The predicted molar refractivity (Wildman–Crippen MR) is 55.1 cm³/mol. The van der Waals surface area contributed by atoms with Crippen molar-refractivity contribution in [3.05, 3.63) is 36.9 Å². The Hall–Kier alpha value is -1.48. The van der Waals surface area contributed by atoms with Gasteiger partial charge in [-0.2, -0.15) is 0 Å². The first kappa shape index (κ1) is 11.5. The van der Waals surface area contributed by atoms with Crippen molar-refractivity contribution in [1.82, 2.24) is 9.97 Å². The maximum atomic E-state index is 4.25. The minimum atomic E-state index is 0.824. The van der Waals surface area contributed by atoms with Crippen LogP contribution >= 0.6 is 0 Å². The highest BCUT2D eigenvalue weighted by Gasteiger charge is 1.92. The maximum Gasteiger partial charge on any atom is 0.116 e. The van der Waals surface area contributed by atoms with E-state index in [-0.39, 0.29) is 0 Å². The molecule has 0 saturated heterocycles. The van der Waals surface area contributed by atoms with E-state index in [0.29, 0.717) is 0 Å². The maximum absolute atomic E-state index is 4.25. The molecule has 1 aromatic heterocycles. The van der Waals surface area contributed by atoms with Crippen molar-refractivity contribution in [2.24, 2.45) is 0 Å². The summed E-state index contributed by atoms with van der Waals surface area (Å²) in [6, 6.07) is 0. The third kappa shape index (κ3) is 4.18. The summed E-state index contributed by atoms with van der Waals surface area (Å²) in [5.74, 6) is 0. The lowest BCUT2D eigenvalue weighted by Gasteiger charge is -1.94. The van der Waals surface area contributed by atoms with Gasteiger partial charge in [-0.05, 0) is 6.08 Å². The van der Waals surface area contributed by atoms with Crippen molar-refractivity contribution < 1.29 is 4.74 Å². The van der Waals surface area contributed by atoms with Gasteiger partial charge in [0.15, 0.2) is 0 Å². The van der Waals surface area contributed by atoms with Gasteiger partial charge >= 0.3 is 0 Å². The van der Waals surface area contributed by atoms with Crippen molar-refractivity contribution >= 4 is 12.2 Å². The number of nitrogens with zero attached hydrogens (tertiary/aromatic N) is 2. The Bertz CT molecular complexity index is 244. The number of hydrogen-bond donors (Lipinski definition) is 0. The molecule has 13 heavy (non-hydrogen) atoms. The molecule has 0 unspecified atom stereocenters. The molecule has 0 aliphatic heterocycles. The summed E-state index contributed by atoms with van der Waals surface area (Å²) in [4.78, 5) is 7.80. The molecule has 0 spiro atoms.